The lowest BCUT2D eigenvalue weighted by Gasteiger charge is -2.16. The van der Waals surface area contributed by atoms with Gasteiger partial charge in [-0.25, -0.2) is 8.42 Å². The first kappa shape index (κ1) is 23.4. The molecule has 0 atom stereocenters. The van der Waals surface area contributed by atoms with Crippen LogP contribution in [-0.2, 0) is 16.6 Å². The molecule has 1 aromatic heterocycles. The number of hydrogen-bond acceptors (Lipinski definition) is 7. The maximum atomic E-state index is 13.0. The third-order valence-corrected chi connectivity index (χ3v) is 6.81. The zero-order valence-electron chi connectivity index (χ0n) is 18.6. The van der Waals surface area contributed by atoms with Gasteiger partial charge in [0.1, 0.15) is 5.75 Å². The third-order valence-electron chi connectivity index (χ3n) is 5.01. The minimum absolute atomic E-state index is 0.0524. The van der Waals surface area contributed by atoms with Crippen molar-refractivity contribution in [3.05, 3.63) is 59.5 Å². The van der Waals surface area contributed by atoms with Gasteiger partial charge in [0.05, 0.1) is 24.1 Å². The highest BCUT2D eigenvalue weighted by Gasteiger charge is 2.25. The van der Waals surface area contributed by atoms with Crippen LogP contribution in [0.3, 0.4) is 0 Å². The molecule has 1 amide bonds. The monoisotopic (exact) mass is 458 g/mol. The normalized spacial score (nSPS) is 11.7. The van der Waals surface area contributed by atoms with Crippen molar-refractivity contribution < 1.29 is 22.5 Å². The number of hydrogen-bond donors (Lipinski definition) is 1. The molecule has 0 saturated carbocycles. The number of sulfonamides is 1. The molecule has 0 aliphatic rings. The highest BCUT2D eigenvalue weighted by atomic mass is 32.2. The Kier molecular flexibility index (Phi) is 6.95. The largest absolute Gasteiger partial charge is 0.496 e. The van der Waals surface area contributed by atoms with Crippen molar-refractivity contribution in [2.45, 2.75) is 31.2 Å². The molecule has 0 unspecified atom stereocenters. The number of nitrogens with zero attached hydrogens (tertiary/aromatic N) is 3. The van der Waals surface area contributed by atoms with E-state index in [9.17, 15) is 13.2 Å². The van der Waals surface area contributed by atoms with Gasteiger partial charge in [-0.2, -0.15) is 9.29 Å². The summed E-state index contributed by atoms with van der Waals surface area (Å²) < 4.78 is 37.6. The highest BCUT2D eigenvalue weighted by molar-refractivity contribution is 7.89. The van der Waals surface area contributed by atoms with E-state index in [4.69, 9.17) is 9.26 Å². The lowest BCUT2D eigenvalue weighted by atomic mass is 10.0. The first-order valence-corrected chi connectivity index (χ1v) is 11.4. The van der Waals surface area contributed by atoms with E-state index >= 15 is 0 Å². The Balaban J connectivity index is 1.81. The van der Waals surface area contributed by atoms with E-state index in [0.29, 0.717) is 11.7 Å². The number of amides is 1. The van der Waals surface area contributed by atoms with Crippen LogP contribution in [0.2, 0.25) is 0 Å². The number of benzene rings is 2. The zero-order chi connectivity index (χ0) is 23.5. The molecule has 0 fully saturated rings. The molecule has 0 spiro atoms. The molecule has 1 heterocycles. The van der Waals surface area contributed by atoms with E-state index in [2.05, 4.69) is 29.3 Å². The summed E-state index contributed by atoms with van der Waals surface area (Å²) in [6.45, 7) is 4.09. The number of aromatic nitrogens is 2. The Morgan fingerprint density at radius 3 is 2.47 bits per heavy atom. The Morgan fingerprint density at radius 1 is 1.19 bits per heavy atom. The van der Waals surface area contributed by atoms with Crippen molar-refractivity contribution in [3.63, 3.8) is 0 Å². The molecule has 0 saturated heterocycles. The summed E-state index contributed by atoms with van der Waals surface area (Å²) in [4.78, 5) is 16.4. The van der Waals surface area contributed by atoms with E-state index in [1.54, 1.807) is 0 Å². The van der Waals surface area contributed by atoms with Gasteiger partial charge in [0, 0.05) is 19.7 Å². The van der Waals surface area contributed by atoms with Crippen LogP contribution in [-0.4, -0.2) is 50.0 Å². The Morgan fingerprint density at radius 2 is 1.88 bits per heavy atom. The molecule has 2 aromatic carbocycles. The Labute approximate surface area is 187 Å². The molecule has 9 nitrogen and oxygen atoms in total. The van der Waals surface area contributed by atoms with Crippen molar-refractivity contribution in [1.82, 2.24) is 19.8 Å². The number of nitrogens with one attached hydrogen (secondary N) is 1. The van der Waals surface area contributed by atoms with E-state index in [1.165, 1.54) is 45.0 Å². The predicted molar refractivity (Wildman–Crippen MR) is 119 cm³/mol. The van der Waals surface area contributed by atoms with Crippen LogP contribution in [0.1, 0.15) is 41.6 Å². The van der Waals surface area contributed by atoms with Crippen molar-refractivity contribution in [2.24, 2.45) is 0 Å². The van der Waals surface area contributed by atoms with Crippen LogP contribution < -0.4 is 10.1 Å². The summed E-state index contributed by atoms with van der Waals surface area (Å²) in [5.41, 5.74) is 2.09. The molecular formula is C22H26N4O5S. The molecule has 0 aliphatic heterocycles. The van der Waals surface area contributed by atoms with E-state index in [1.807, 2.05) is 24.3 Å². The Hall–Kier alpha value is -3.24. The second kappa shape index (κ2) is 9.49. The van der Waals surface area contributed by atoms with Gasteiger partial charge < -0.3 is 14.6 Å². The van der Waals surface area contributed by atoms with Crippen molar-refractivity contribution in [1.29, 1.82) is 0 Å². The number of carbonyl (C=O) groups excluding carboxylic acids is 1. The molecule has 0 aliphatic carbocycles. The molecule has 10 heteroatoms. The number of ether oxygens (including phenoxy) is 1. The third kappa shape index (κ3) is 4.81. The fraction of sp³-hybridized carbons (Fsp3) is 0.318. The molecular weight excluding hydrogens is 432 g/mol. The lowest BCUT2D eigenvalue weighted by Crippen LogP contribution is -2.27. The molecule has 0 radical (unpaired) electrons. The summed E-state index contributed by atoms with van der Waals surface area (Å²) in [6.07, 6.45) is 0. The molecule has 3 aromatic rings. The van der Waals surface area contributed by atoms with E-state index in [0.717, 1.165) is 9.87 Å². The minimum Gasteiger partial charge on any atom is -0.496 e. The number of methoxy groups -OCH3 is 1. The van der Waals surface area contributed by atoms with Gasteiger partial charge >= 0.3 is 0 Å². The van der Waals surface area contributed by atoms with Gasteiger partial charge in [-0.15, -0.1) is 0 Å². The molecule has 32 heavy (non-hydrogen) atoms. The second-order valence-electron chi connectivity index (χ2n) is 7.49. The van der Waals surface area contributed by atoms with Gasteiger partial charge in [0.2, 0.25) is 21.7 Å². The maximum absolute atomic E-state index is 13.0. The van der Waals surface area contributed by atoms with Crippen LogP contribution in [0.25, 0.3) is 11.4 Å². The van der Waals surface area contributed by atoms with E-state index < -0.39 is 15.9 Å². The first-order chi connectivity index (χ1) is 15.2. The smallest absolute Gasteiger partial charge is 0.254 e. The van der Waals surface area contributed by atoms with Crippen molar-refractivity contribution in [3.8, 4) is 17.1 Å². The van der Waals surface area contributed by atoms with Gasteiger partial charge in [-0.3, -0.25) is 4.79 Å². The fourth-order valence-corrected chi connectivity index (χ4v) is 4.22. The SMILES string of the molecule is CNC(=O)c1cc(S(=O)(=O)N(C)Cc2nc(-c3ccc(C(C)C)cc3)no2)ccc1OC. The standard InChI is InChI=1S/C22H26N4O5S/c1-14(2)15-6-8-16(9-7-15)21-24-20(31-25-21)13-26(4)32(28,29)17-10-11-19(30-5)18(12-17)22(27)23-3/h6-12,14H,13H2,1-5H3,(H,23,27). The summed E-state index contributed by atoms with van der Waals surface area (Å²) in [6, 6.07) is 11.9. The van der Waals surface area contributed by atoms with Crippen LogP contribution in [0.5, 0.6) is 5.75 Å². The molecule has 170 valence electrons. The zero-order valence-corrected chi connectivity index (χ0v) is 19.4. The second-order valence-corrected chi connectivity index (χ2v) is 9.54. The lowest BCUT2D eigenvalue weighted by molar-refractivity contribution is 0.0960. The van der Waals surface area contributed by atoms with Crippen molar-refractivity contribution in [2.75, 3.05) is 21.2 Å². The van der Waals surface area contributed by atoms with Gasteiger partial charge in [-0.1, -0.05) is 43.3 Å². The first-order valence-electron chi connectivity index (χ1n) is 9.96. The summed E-state index contributed by atoms with van der Waals surface area (Å²) in [5.74, 6) is 0.764. The van der Waals surface area contributed by atoms with Gasteiger partial charge in [-0.05, 0) is 29.7 Å². The van der Waals surface area contributed by atoms with Crippen LogP contribution in [0, 0.1) is 0 Å². The van der Waals surface area contributed by atoms with Crippen LogP contribution >= 0.6 is 0 Å². The topological polar surface area (TPSA) is 115 Å². The molecule has 0 bridgehead atoms. The average Bonchev–Trinajstić information content (AvgIpc) is 3.26. The fourth-order valence-electron chi connectivity index (χ4n) is 3.07. The van der Waals surface area contributed by atoms with Crippen LogP contribution in [0.4, 0.5) is 0 Å². The highest BCUT2D eigenvalue weighted by Crippen LogP contribution is 2.25. The van der Waals surface area contributed by atoms with Gasteiger partial charge in [0.15, 0.2) is 0 Å². The number of carbonyl (C=O) groups is 1. The average molecular weight is 459 g/mol. The van der Waals surface area contributed by atoms with Crippen molar-refractivity contribution >= 4 is 15.9 Å². The summed E-state index contributed by atoms with van der Waals surface area (Å²) in [7, 11) is 0.342. The van der Waals surface area contributed by atoms with Crippen LogP contribution in [0.15, 0.2) is 51.9 Å². The Bertz CT molecular complexity index is 1200. The molecule has 1 N–H and O–H groups in total. The maximum Gasteiger partial charge on any atom is 0.254 e. The predicted octanol–water partition coefficient (Wildman–Crippen LogP) is 3.05. The molecule has 3 rings (SSSR count). The van der Waals surface area contributed by atoms with Gasteiger partial charge in [0.25, 0.3) is 5.91 Å². The summed E-state index contributed by atoms with van der Waals surface area (Å²) >= 11 is 0. The quantitative estimate of drug-likeness (QED) is 0.552. The number of rotatable bonds is 8. The summed E-state index contributed by atoms with van der Waals surface area (Å²) in [5, 5.41) is 6.43. The minimum atomic E-state index is -3.93. The van der Waals surface area contributed by atoms with E-state index in [-0.39, 0.29) is 28.6 Å².